The Bertz CT molecular complexity index is 1120. The summed E-state index contributed by atoms with van der Waals surface area (Å²) in [6, 6.07) is 5.77. The molecule has 1 aromatic carbocycles. The number of carboxylic acids is 1. The average molecular weight is 398 g/mol. The molecule has 1 atom stereocenters. The van der Waals surface area contributed by atoms with Gasteiger partial charge in [0, 0.05) is 6.07 Å². The Balaban J connectivity index is 1.90. The van der Waals surface area contributed by atoms with Crippen LogP contribution in [-0.4, -0.2) is 55.6 Å². The summed E-state index contributed by atoms with van der Waals surface area (Å²) in [5, 5.41) is 15.4. The number of carboxylic acid groups (broad SMARTS) is 1. The van der Waals surface area contributed by atoms with Gasteiger partial charge in [0.1, 0.15) is 6.04 Å². The molecule has 0 bridgehead atoms. The van der Waals surface area contributed by atoms with E-state index >= 15 is 0 Å². The van der Waals surface area contributed by atoms with Gasteiger partial charge < -0.3 is 20.9 Å². The number of methoxy groups -OCH3 is 1. The standard InChI is InChI=1S/C17H14N6O6/c1-29-17(28)9-4-2-8(3-5-9)11(12(18)24)21-15(25)13-20-10-6-7-19-23(10)14(22-13)16(26)27/h2-7,11H,1H3,(H2,18,24)(H,21,25)(H,26,27)/t11-/m1/s1. The second-order valence-corrected chi connectivity index (χ2v) is 5.70. The van der Waals surface area contributed by atoms with Crippen molar-refractivity contribution in [1.29, 1.82) is 0 Å². The Kier molecular flexibility index (Phi) is 5.17. The van der Waals surface area contributed by atoms with E-state index in [1.54, 1.807) is 0 Å². The monoisotopic (exact) mass is 398 g/mol. The van der Waals surface area contributed by atoms with Crippen molar-refractivity contribution in [3.05, 3.63) is 59.3 Å². The largest absolute Gasteiger partial charge is 0.475 e. The van der Waals surface area contributed by atoms with E-state index in [2.05, 4.69) is 25.1 Å². The van der Waals surface area contributed by atoms with Gasteiger partial charge in [-0.1, -0.05) is 12.1 Å². The normalized spacial score (nSPS) is 11.6. The number of benzene rings is 1. The maximum absolute atomic E-state index is 12.6. The lowest BCUT2D eigenvalue weighted by Gasteiger charge is -2.16. The van der Waals surface area contributed by atoms with Crippen molar-refractivity contribution in [3.8, 4) is 0 Å². The lowest BCUT2D eigenvalue weighted by atomic mass is 10.0. The van der Waals surface area contributed by atoms with Crippen molar-refractivity contribution >= 4 is 29.4 Å². The molecule has 2 aromatic heterocycles. The second kappa shape index (κ2) is 7.72. The predicted octanol–water partition coefficient (Wildman–Crippen LogP) is -0.434. The lowest BCUT2D eigenvalue weighted by molar-refractivity contribution is -0.120. The number of aromatic nitrogens is 4. The SMILES string of the molecule is COC(=O)c1ccc([C@@H](NC(=O)c2nc(C(=O)O)n3nccc3n2)C(N)=O)cc1. The van der Waals surface area contributed by atoms with Crippen molar-refractivity contribution < 1.29 is 29.0 Å². The number of nitrogens with zero attached hydrogens (tertiary/aromatic N) is 4. The Hall–Kier alpha value is -4.35. The highest BCUT2D eigenvalue weighted by molar-refractivity contribution is 5.96. The number of primary amides is 1. The highest BCUT2D eigenvalue weighted by Gasteiger charge is 2.25. The number of nitrogens with one attached hydrogen (secondary N) is 1. The molecule has 0 fully saturated rings. The molecule has 148 valence electrons. The quantitative estimate of drug-likeness (QED) is 0.464. The van der Waals surface area contributed by atoms with Crippen molar-refractivity contribution in [2.75, 3.05) is 7.11 Å². The number of ether oxygens (including phenoxy) is 1. The van der Waals surface area contributed by atoms with E-state index in [1.807, 2.05) is 0 Å². The van der Waals surface area contributed by atoms with E-state index in [1.165, 1.54) is 43.6 Å². The van der Waals surface area contributed by atoms with Crippen LogP contribution < -0.4 is 11.1 Å². The van der Waals surface area contributed by atoms with Crippen LogP contribution in [0.15, 0.2) is 36.5 Å². The molecule has 4 N–H and O–H groups in total. The Morgan fingerprint density at radius 2 is 1.83 bits per heavy atom. The first-order valence-electron chi connectivity index (χ1n) is 8.05. The summed E-state index contributed by atoms with van der Waals surface area (Å²) >= 11 is 0. The molecular weight excluding hydrogens is 384 g/mol. The summed E-state index contributed by atoms with van der Waals surface area (Å²) in [5.41, 5.74) is 6.00. The van der Waals surface area contributed by atoms with Crippen LogP contribution in [-0.2, 0) is 9.53 Å². The summed E-state index contributed by atoms with van der Waals surface area (Å²) in [4.78, 5) is 54.9. The highest BCUT2D eigenvalue weighted by Crippen LogP contribution is 2.15. The predicted molar refractivity (Wildman–Crippen MR) is 94.9 cm³/mol. The molecule has 3 rings (SSSR count). The van der Waals surface area contributed by atoms with Crippen LogP contribution in [0, 0.1) is 0 Å². The first-order valence-corrected chi connectivity index (χ1v) is 8.05. The third-order valence-corrected chi connectivity index (χ3v) is 3.88. The van der Waals surface area contributed by atoms with Crippen LogP contribution in [0.3, 0.4) is 0 Å². The van der Waals surface area contributed by atoms with Gasteiger partial charge in [0.05, 0.1) is 18.9 Å². The van der Waals surface area contributed by atoms with E-state index in [0.717, 1.165) is 4.52 Å². The number of nitrogens with two attached hydrogens (primary N) is 1. The molecule has 0 spiro atoms. The summed E-state index contributed by atoms with van der Waals surface area (Å²) in [5.74, 6) is -4.79. The minimum Gasteiger partial charge on any atom is -0.475 e. The summed E-state index contributed by atoms with van der Waals surface area (Å²) in [6.07, 6.45) is 1.30. The Labute approximate surface area is 162 Å². The van der Waals surface area contributed by atoms with Crippen LogP contribution >= 0.6 is 0 Å². The molecule has 12 nitrogen and oxygen atoms in total. The van der Waals surface area contributed by atoms with Gasteiger partial charge in [0.2, 0.25) is 17.6 Å². The molecule has 0 saturated carbocycles. The van der Waals surface area contributed by atoms with Crippen molar-refractivity contribution in [3.63, 3.8) is 0 Å². The molecule has 0 aliphatic carbocycles. The number of fused-ring (bicyclic) bond motifs is 1. The number of carbonyl (C=O) groups is 4. The first-order chi connectivity index (χ1) is 13.8. The molecule has 0 saturated heterocycles. The highest BCUT2D eigenvalue weighted by atomic mass is 16.5. The summed E-state index contributed by atoms with van der Waals surface area (Å²) < 4.78 is 5.55. The number of amides is 2. The molecule has 0 aliphatic heterocycles. The number of hydrogen-bond acceptors (Lipinski definition) is 8. The van der Waals surface area contributed by atoms with Crippen LogP contribution in [0.1, 0.15) is 43.2 Å². The number of rotatable bonds is 6. The molecule has 0 unspecified atom stereocenters. The van der Waals surface area contributed by atoms with E-state index in [4.69, 9.17) is 5.73 Å². The van der Waals surface area contributed by atoms with Crippen LogP contribution in [0.5, 0.6) is 0 Å². The van der Waals surface area contributed by atoms with Gasteiger partial charge >= 0.3 is 11.9 Å². The fraction of sp³-hybridized carbons (Fsp3) is 0.118. The molecular formula is C17H14N6O6. The summed E-state index contributed by atoms with van der Waals surface area (Å²) in [7, 11) is 1.23. The second-order valence-electron chi connectivity index (χ2n) is 5.70. The average Bonchev–Trinajstić information content (AvgIpc) is 3.18. The van der Waals surface area contributed by atoms with Crippen molar-refractivity contribution in [2.45, 2.75) is 6.04 Å². The number of hydrogen-bond donors (Lipinski definition) is 3. The fourth-order valence-electron chi connectivity index (χ4n) is 2.51. The third kappa shape index (κ3) is 3.85. The van der Waals surface area contributed by atoms with Gasteiger partial charge in [-0.15, -0.1) is 0 Å². The van der Waals surface area contributed by atoms with Crippen LogP contribution in [0.25, 0.3) is 5.65 Å². The van der Waals surface area contributed by atoms with Crippen molar-refractivity contribution in [2.24, 2.45) is 5.73 Å². The van der Waals surface area contributed by atoms with Crippen molar-refractivity contribution in [1.82, 2.24) is 24.9 Å². The molecule has 3 aromatic rings. The van der Waals surface area contributed by atoms with E-state index in [0.29, 0.717) is 5.56 Å². The zero-order valence-corrected chi connectivity index (χ0v) is 14.9. The van der Waals surface area contributed by atoms with Gasteiger partial charge in [-0.25, -0.2) is 14.6 Å². The molecule has 0 aliphatic rings. The zero-order chi connectivity index (χ0) is 21.1. The Morgan fingerprint density at radius 1 is 1.14 bits per heavy atom. The molecule has 12 heteroatoms. The molecule has 0 radical (unpaired) electrons. The van der Waals surface area contributed by atoms with E-state index in [-0.39, 0.29) is 11.2 Å². The maximum atomic E-state index is 12.6. The fourth-order valence-corrected chi connectivity index (χ4v) is 2.51. The van der Waals surface area contributed by atoms with Crippen LogP contribution in [0.4, 0.5) is 0 Å². The third-order valence-electron chi connectivity index (χ3n) is 3.88. The first kappa shape index (κ1) is 19.4. The van der Waals surface area contributed by atoms with Crippen LogP contribution in [0.2, 0.25) is 0 Å². The zero-order valence-electron chi connectivity index (χ0n) is 14.9. The maximum Gasteiger partial charge on any atom is 0.374 e. The molecule has 29 heavy (non-hydrogen) atoms. The number of carbonyl (C=O) groups excluding carboxylic acids is 3. The Morgan fingerprint density at radius 3 is 2.41 bits per heavy atom. The topological polar surface area (TPSA) is 179 Å². The van der Waals surface area contributed by atoms with E-state index < -0.39 is 41.4 Å². The van der Waals surface area contributed by atoms with E-state index in [9.17, 15) is 24.3 Å². The molecule has 2 amide bonds. The smallest absolute Gasteiger partial charge is 0.374 e. The van der Waals surface area contributed by atoms with Gasteiger partial charge in [-0.2, -0.15) is 14.6 Å². The lowest BCUT2D eigenvalue weighted by Crippen LogP contribution is -2.38. The number of aromatic carboxylic acids is 1. The van der Waals surface area contributed by atoms with Gasteiger partial charge in [-0.3, -0.25) is 9.59 Å². The van der Waals surface area contributed by atoms with Gasteiger partial charge in [-0.05, 0) is 17.7 Å². The molecule has 2 heterocycles. The van der Waals surface area contributed by atoms with Gasteiger partial charge in [0.25, 0.3) is 5.91 Å². The number of esters is 1. The minimum atomic E-state index is -1.42. The minimum absolute atomic E-state index is 0.0839. The summed E-state index contributed by atoms with van der Waals surface area (Å²) in [6.45, 7) is 0. The van der Waals surface area contributed by atoms with Gasteiger partial charge in [0.15, 0.2) is 5.65 Å².